The molecule has 2 aromatic heterocycles. The Hall–Kier alpha value is -3.02. The molecule has 0 spiro atoms. The van der Waals surface area contributed by atoms with E-state index in [-0.39, 0.29) is 0 Å². The maximum Gasteiger partial charge on any atom is 0.239 e. The van der Waals surface area contributed by atoms with Crippen molar-refractivity contribution in [1.29, 1.82) is 0 Å². The fraction of sp³-hybridized carbons (Fsp3) is 0.316. The van der Waals surface area contributed by atoms with Crippen molar-refractivity contribution in [1.82, 2.24) is 20.1 Å². The summed E-state index contributed by atoms with van der Waals surface area (Å²) in [5, 5.41) is 7.86. The maximum absolute atomic E-state index is 12.4. The van der Waals surface area contributed by atoms with Crippen molar-refractivity contribution in [2.45, 2.75) is 6.04 Å². The van der Waals surface area contributed by atoms with Gasteiger partial charge in [0.15, 0.2) is 0 Å². The first-order chi connectivity index (χ1) is 14.3. The van der Waals surface area contributed by atoms with Crippen molar-refractivity contribution in [3.05, 3.63) is 42.4 Å². The third-order valence-electron chi connectivity index (χ3n) is 4.94. The first kappa shape index (κ1) is 20.3. The molecule has 4 N–H and O–H groups in total. The second-order valence-electron chi connectivity index (χ2n) is 7.19. The number of amides is 1. The minimum Gasteiger partial charge on any atom is -0.379 e. The molecule has 1 aliphatic rings. The minimum absolute atomic E-state index is 0.348. The van der Waals surface area contributed by atoms with E-state index >= 15 is 0 Å². The highest BCUT2D eigenvalue weighted by Gasteiger charge is 2.29. The Labute approximate surface area is 173 Å². The molecule has 1 aliphatic heterocycles. The molecule has 1 saturated heterocycles. The number of aromatic amines is 1. The molecule has 3 heterocycles. The van der Waals surface area contributed by atoms with E-state index in [4.69, 9.17) is 10.5 Å². The van der Waals surface area contributed by atoms with Crippen LogP contribution in [0.3, 0.4) is 0 Å². The van der Waals surface area contributed by atoms with Gasteiger partial charge in [-0.25, -0.2) is 8.42 Å². The highest BCUT2D eigenvalue weighted by Crippen LogP contribution is 2.33. The number of morpholine rings is 1. The lowest BCUT2D eigenvalue weighted by Gasteiger charge is -2.33. The Kier molecular flexibility index (Phi) is 5.41. The number of nitrogens with two attached hydrogens (primary N) is 1. The lowest BCUT2D eigenvalue weighted by atomic mass is 9.95. The third-order valence-corrected chi connectivity index (χ3v) is 5.55. The van der Waals surface area contributed by atoms with E-state index in [2.05, 4.69) is 19.9 Å². The summed E-state index contributed by atoms with van der Waals surface area (Å²) in [5.74, 6) is -0.456. The van der Waals surface area contributed by atoms with Gasteiger partial charge in [-0.3, -0.25) is 24.5 Å². The Morgan fingerprint density at radius 3 is 2.67 bits per heavy atom. The molecular formula is C19H22N6O4S. The molecule has 10 nitrogen and oxygen atoms in total. The van der Waals surface area contributed by atoms with Gasteiger partial charge in [-0.15, -0.1) is 0 Å². The van der Waals surface area contributed by atoms with Crippen LogP contribution < -0.4 is 10.5 Å². The number of nitrogens with zero attached hydrogens (tertiary/aromatic N) is 3. The Morgan fingerprint density at radius 2 is 1.97 bits per heavy atom. The van der Waals surface area contributed by atoms with Gasteiger partial charge in [0.25, 0.3) is 0 Å². The molecule has 158 valence electrons. The van der Waals surface area contributed by atoms with Gasteiger partial charge in [-0.05, 0) is 29.3 Å². The molecule has 11 heteroatoms. The quantitative estimate of drug-likeness (QED) is 0.526. The number of hydrogen-bond acceptors (Lipinski definition) is 7. The normalized spacial score (nSPS) is 16.4. The monoisotopic (exact) mass is 430 g/mol. The van der Waals surface area contributed by atoms with Crippen LogP contribution >= 0.6 is 0 Å². The second-order valence-corrected chi connectivity index (χ2v) is 8.93. The molecule has 0 aliphatic carbocycles. The predicted molar refractivity (Wildman–Crippen MR) is 112 cm³/mol. The average Bonchev–Trinajstić information content (AvgIpc) is 3.16. The van der Waals surface area contributed by atoms with Gasteiger partial charge in [-0.2, -0.15) is 5.10 Å². The van der Waals surface area contributed by atoms with Crippen molar-refractivity contribution in [3.8, 4) is 11.1 Å². The van der Waals surface area contributed by atoms with E-state index in [1.165, 1.54) is 6.20 Å². The summed E-state index contributed by atoms with van der Waals surface area (Å²) in [7, 11) is -3.44. The highest BCUT2D eigenvalue weighted by atomic mass is 32.2. The number of nitrogens with one attached hydrogen (secondary N) is 2. The molecular weight excluding hydrogens is 408 g/mol. The molecule has 0 radical (unpaired) electrons. The van der Waals surface area contributed by atoms with E-state index < -0.39 is 22.0 Å². The van der Waals surface area contributed by atoms with Gasteiger partial charge in [-0.1, -0.05) is 0 Å². The van der Waals surface area contributed by atoms with Crippen molar-refractivity contribution in [2.24, 2.45) is 5.73 Å². The largest absolute Gasteiger partial charge is 0.379 e. The predicted octanol–water partition coefficient (Wildman–Crippen LogP) is 0.855. The number of carbonyl (C=O) groups is 1. The Morgan fingerprint density at radius 1 is 1.20 bits per heavy atom. The van der Waals surface area contributed by atoms with E-state index in [1.54, 1.807) is 18.5 Å². The van der Waals surface area contributed by atoms with Crippen LogP contribution in [0.5, 0.6) is 0 Å². The van der Waals surface area contributed by atoms with Crippen LogP contribution in [0.4, 0.5) is 5.69 Å². The van der Waals surface area contributed by atoms with E-state index in [0.717, 1.165) is 28.3 Å². The van der Waals surface area contributed by atoms with Gasteiger partial charge in [0.05, 0.1) is 43.1 Å². The molecule has 3 aromatic rings. The van der Waals surface area contributed by atoms with Crippen molar-refractivity contribution < 1.29 is 17.9 Å². The number of anilines is 1. The first-order valence-corrected chi connectivity index (χ1v) is 11.2. The van der Waals surface area contributed by atoms with Crippen LogP contribution in [0.15, 0.2) is 36.8 Å². The van der Waals surface area contributed by atoms with Gasteiger partial charge < -0.3 is 10.5 Å². The number of aromatic nitrogens is 3. The van der Waals surface area contributed by atoms with Crippen LogP contribution in [0.2, 0.25) is 0 Å². The zero-order valence-electron chi connectivity index (χ0n) is 16.3. The smallest absolute Gasteiger partial charge is 0.239 e. The topological polar surface area (TPSA) is 143 Å². The molecule has 1 unspecified atom stereocenters. The summed E-state index contributed by atoms with van der Waals surface area (Å²) >= 11 is 0. The summed E-state index contributed by atoms with van der Waals surface area (Å²) in [6, 6.07) is 4.80. The fourth-order valence-electron chi connectivity index (χ4n) is 3.70. The van der Waals surface area contributed by atoms with Crippen LogP contribution in [-0.4, -0.2) is 67.0 Å². The van der Waals surface area contributed by atoms with Crippen molar-refractivity contribution in [3.63, 3.8) is 0 Å². The van der Waals surface area contributed by atoms with Gasteiger partial charge in [0.2, 0.25) is 15.9 Å². The van der Waals surface area contributed by atoms with E-state index in [1.807, 2.05) is 17.0 Å². The van der Waals surface area contributed by atoms with Crippen LogP contribution in [0.25, 0.3) is 22.0 Å². The number of rotatable bonds is 6. The van der Waals surface area contributed by atoms with Gasteiger partial charge in [0.1, 0.15) is 6.04 Å². The number of pyridine rings is 1. The number of fused-ring (bicyclic) bond motifs is 1. The molecule has 0 bridgehead atoms. The minimum atomic E-state index is -3.44. The standard InChI is InChI=1S/C19H22N6O4S/c1-30(27,28)24-14-6-13(9-21-10-14)12-7-15(16-11-22-23-17(16)8-12)18(19(20)26)25-2-4-29-5-3-25/h6-11,18,24H,2-5H2,1H3,(H2,20,26)(H,22,23). The molecule has 1 atom stereocenters. The Bertz CT molecular complexity index is 1190. The number of benzene rings is 1. The highest BCUT2D eigenvalue weighted by molar-refractivity contribution is 7.92. The van der Waals surface area contributed by atoms with Gasteiger partial charge in [0, 0.05) is 30.2 Å². The molecule has 1 fully saturated rings. The summed E-state index contributed by atoms with van der Waals surface area (Å²) in [5.41, 5.74) is 9.06. The number of sulfonamides is 1. The average molecular weight is 430 g/mol. The number of hydrogen-bond donors (Lipinski definition) is 3. The fourth-order valence-corrected chi connectivity index (χ4v) is 4.24. The van der Waals surface area contributed by atoms with Crippen LogP contribution in [0, 0.1) is 0 Å². The summed E-state index contributed by atoms with van der Waals surface area (Å²) in [6.07, 6.45) is 5.81. The van der Waals surface area contributed by atoms with Crippen molar-refractivity contribution >= 4 is 32.5 Å². The number of H-pyrrole nitrogens is 1. The molecule has 4 rings (SSSR count). The number of primary amides is 1. The summed E-state index contributed by atoms with van der Waals surface area (Å²) < 4.78 is 31.0. The van der Waals surface area contributed by atoms with E-state index in [9.17, 15) is 13.2 Å². The molecule has 1 amide bonds. The molecule has 30 heavy (non-hydrogen) atoms. The molecule has 0 saturated carbocycles. The Balaban J connectivity index is 1.82. The van der Waals surface area contributed by atoms with Crippen LogP contribution in [0.1, 0.15) is 11.6 Å². The number of ether oxygens (including phenoxy) is 1. The van der Waals surface area contributed by atoms with E-state index in [0.29, 0.717) is 37.6 Å². The number of carbonyl (C=O) groups excluding carboxylic acids is 1. The summed E-state index contributed by atoms with van der Waals surface area (Å²) in [6.45, 7) is 2.24. The zero-order valence-corrected chi connectivity index (χ0v) is 17.1. The summed E-state index contributed by atoms with van der Waals surface area (Å²) in [4.78, 5) is 18.6. The SMILES string of the molecule is CS(=O)(=O)Nc1cncc(-c2cc(C(C(N)=O)N3CCOCC3)c3cn[nH]c3c2)c1. The first-order valence-electron chi connectivity index (χ1n) is 9.33. The lowest BCUT2D eigenvalue weighted by molar-refractivity contribution is -0.125. The lowest BCUT2D eigenvalue weighted by Crippen LogP contribution is -2.44. The molecule has 1 aromatic carbocycles. The van der Waals surface area contributed by atoms with Crippen molar-refractivity contribution in [2.75, 3.05) is 37.3 Å². The van der Waals surface area contributed by atoms with Gasteiger partial charge >= 0.3 is 0 Å². The zero-order chi connectivity index (χ0) is 21.3. The van der Waals surface area contributed by atoms with Crippen LogP contribution in [-0.2, 0) is 19.6 Å². The third kappa shape index (κ3) is 4.27. The maximum atomic E-state index is 12.4. The second kappa shape index (κ2) is 8.01.